The van der Waals surface area contributed by atoms with Gasteiger partial charge in [-0.1, -0.05) is 23.8 Å². The maximum atomic E-state index is 5.81. The Hall–Kier alpha value is -0.400. The van der Waals surface area contributed by atoms with Gasteiger partial charge < -0.3 is 11.1 Å². The van der Waals surface area contributed by atoms with Crippen molar-refractivity contribution in [2.75, 3.05) is 18.8 Å². The molecule has 0 atom stereocenters. The lowest BCUT2D eigenvalue weighted by Gasteiger charge is -2.05. The summed E-state index contributed by atoms with van der Waals surface area (Å²) in [6.45, 7) is 7.04. The van der Waals surface area contributed by atoms with Crippen molar-refractivity contribution in [2.24, 2.45) is 10.7 Å². The summed E-state index contributed by atoms with van der Waals surface area (Å²) in [7, 11) is 0. The third kappa shape index (κ3) is 9.18. The topological polar surface area (TPSA) is 50.4 Å². The van der Waals surface area contributed by atoms with Crippen molar-refractivity contribution in [1.82, 2.24) is 5.32 Å². The van der Waals surface area contributed by atoms with E-state index in [4.69, 9.17) is 17.3 Å². The van der Waals surface area contributed by atoms with Crippen molar-refractivity contribution >= 4 is 53.3 Å². The zero-order chi connectivity index (χ0) is 13.4. The summed E-state index contributed by atoms with van der Waals surface area (Å²) in [5.74, 6) is 1.39. The van der Waals surface area contributed by atoms with Gasteiger partial charge in [0.1, 0.15) is 0 Å². The molecule has 1 aromatic rings. The third-order valence-corrected chi connectivity index (χ3v) is 3.28. The van der Waals surface area contributed by atoms with Crippen molar-refractivity contribution < 1.29 is 0 Å². The van der Waals surface area contributed by atoms with Gasteiger partial charge in [-0.05, 0) is 31.2 Å². The van der Waals surface area contributed by atoms with Gasteiger partial charge in [-0.25, -0.2) is 4.99 Å². The van der Waals surface area contributed by atoms with Crippen LogP contribution in [-0.4, -0.2) is 24.8 Å². The summed E-state index contributed by atoms with van der Waals surface area (Å²) in [5.41, 5.74) is 6.69. The summed E-state index contributed by atoms with van der Waals surface area (Å²) < 4.78 is 0. The molecular formula is C13H19ClIN3S. The molecule has 0 unspecified atom stereocenters. The molecule has 0 saturated heterocycles. The lowest BCUT2D eigenvalue weighted by Crippen LogP contribution is -2.33. The number of thioether (sulfide) groups is 1. The Kier molecular flexibility index (Phi) is 10.2. The second kappa shape index (κ2) is 10.4. The largest absolute Gasteiger partial charge is 0.370 e. The van der Waals surface area contributed by atoms with E-state index in [2.05, 4.69) is 16.9 Å². The SMILES string of the molecule is C=C(C)CN=C(N)NCCSc1ccc(Cl)cc1.I. The molecule has 0 heterocycles. The average molecular weight is 412 g/mol. The number of rotatable bonds is 6. The Morgan fingerprint density at radius 1 is 1.42 bits per heavy atom. The Labute approximate surface area is 141 Å². The molecule has 0 aliphatic carbocycles. The number of hydrogen-bond acceptors (Lipinski definition) is 2. The minimum Gasteiger partial charge on any atom is -0.370 e. The number of benzene rings is 1. The van der Waals surface area contributed by atoms with Gasteiger partial charge in [0.25, 0.3) is 0 Å². The lowest BCUT2D eigenvalue weighted by atomic mass is 10.4. The van der Waals surface area contributed by atoms with Gasteiger partial charge in [-0.15, -0.1) is 35.7 Å². The summed E-state index contributed by atoms with van der Waals surface area (Å²) in [4.78, 5) is 5.33. The first-order valence-corrected chi connectivity index (χ1v) is 7.01. The molecule has 0 aliphatic heterocycles. The number of nitrogens with one attached hydrogen (secondary N) is 1. The first kappa shape index (κ1) is 18.6. The Bertz CT molecular complexity index is 420. The number of guanidine groups is 1. The Morgan fingerprint density at radius 2 is 2.05 bits per heavy atom. The molecule has 3 nitrogen and oxygen atoms in total. The van der Waals surface area contributed by atoms with Gasteiger partial charge >= 0.3 is 0 Å². The predicted molar refractivity (Wildman–Crippen MR) is 96.9 cm³/mol. The van der Waals surface area contributed by atoms with Crippen LogP contribution in [0.1, 0.15) is 6.92 Å². The van der Waals surface area contributed by atoms with Crippen LogP contribution in [0.5, 0.6) is 0 Å². The third-order valence-electron chi connectivity index (χ3n) is 2.01. The van der Waals surface area contributed by atoms with Gasteiger partial charge in [0.2, 0.25) is 0 Å². The van der Waals surface area contributed by atoms with Crippen LogP contribution in [0.3, 0.4) is 0 Å². The van der Waals surface area contributed by atoms with Crippen molar-refractivity contribution in [3.8, 4) is 0 Å². The molecule has 0 spiro atoms. The molecule has 6 heteroatoms. The van der Waals surface area contributed by atoms with E-state index in [-0.39, 0.29) is 24.0 Å². The van der Waals surface area contributed by atoms with Crippen LogP contribution in [-0.2, 0) is 0 Å². The maximum absolute atomic E-state index is 5.81. The van der Waals surface area contributed by atoms with Gasteiger partial charge in [0.15, 0.2) is 5.96 Å². The van der Waals surface area contributed by atoms with E-state index in [9.17, 15) is 0 Å². The van der Waals surface area contributed by atoms with E-state index >= 15 is 0 Å². The summed E-state index contributed by atoms with van der Waals surface area (Å²) in [6.07, 6.45) is 0. The molecule has 0 amide bonds. The number of hydrogen-bond donors (Lipinski definition) is 2. The number of nitrogens with zero attached hydrogens (tertiary/aromatic N) is 1. The summed E-state index contributed by atoms with van der Waals surface area (Å²) in [6, 6.07) is 7.79. The molecule has 1 rings (SSSR count). The molecule has 0 radical (unpaired) electrons. The van der Waals surface area contributed by atoms with Gasteiger partial charge in [0.05, 0.1) is 6.54 Å². The van der Waals surface area contributed by atoms with Crippen molar-refractivity contribution in [3.05, 3.63) is 41.4 Å². The van der Waals surface area contributed by atoms with Crippen LogP contribution in [0.4, 0.5) is 0 Å². The van der Waals surface area contributed by atoms with Crippen molar-refractivity contribution in [3.63, 3.8) is 0 Å². The molecule has 106 valence electrons. The van der Waals surface area contributed by atoms with Crippen LogP contribution >= 0.6 is 47.3 Å². The minimum atomic E-state index is 0. The molecule has 0 fully saturated rings. The normalized spacial score (nSPS) is 10.7. The van der Waals surface area contributed by atoms with Crippen molar-refractivity contribution in [1.29, 1.82) is 0 Å². The highest BCUT2D eigenvalue weighted by Crippen LogP contribution is 2.19. The minimum absolute atomic E-state index is 0. The summed E-state index contributed by atoms with van der Waals surface area (Å²) >= 11 is 7.56. The van der Waals surface area contributed by atoms with E-state index in [1.165, 1.54) is 4.90 Å². The highest BCUT2D eigenvalue weighted by molar-refractivity contribution is 14.0. The average Bonchev–Trinajstić information content (AvgIpc) is 2.34. The number of aliphatic imine (C=N–C) groups is 1. The zero-order valence-electron chi connectivity index (χ0n) is 10.9. The number of halogens is 2. The van der Waals surface area contributed by atoms with E-state index in [0.717, 1.165) is 22.9 Å². The van der Waals surface area contributed by atoms with Gasteiger partial charge in [-0.3, -0.25) is 0 Å². The number of nitrogens with two attached hydrogens (primary N) is 1. The van der Waals surface area contributed by atoms with E-state index < -0.39 is 0 Å². The lowest BCUT2D eigenvalue weighted by molar-refractivity contribution is 0.946. The molecule has 0 bridgehead atoms. The Balaban J connectivity index is 0.00000324. The predicted octanol–water partition coefficient (Wildman–Crippen LogP) is 3.53. The fraction of sp³-hybridized carbons (Fsp3) is 0.308. The van der Waals surface area contributed by atoms with Crippen LogP contribution < -0.4 is 11.1 Å². The Morgan fingerprint density at radius 3 is 2.63 bits per heavy atom. The molecular weight excluding hydrogens is 393 g/mol. The molecule has 0 saturated carbocycles. The van der Waals surface area contributed by atoms with Crippen LogP contribution in [0.25, 0.3) is 0 Å². The second-order valence-electron chi connectivity index (χ2n) is 3.89. The van der Waals surface area contributed by atoms with Gasteiger partial charge in [0, 0.05) is 22.2 Å². The quantitative estimate of drug-likeness (QED) is 0.188. The molecule has 0 aromatic heterocycles. The van der Waals surface area contributed by atoms with Crippen LogP contribution in [0.2, 0.25) is 5.02 Å². The van der Waals surface area contributed by atoms with Crippen LogP contribution in [0, 0.1) is 0 Å². The van der Waals surface area contributed by atoms with E-state index in [1.807, 2.05) is 31.2 Å². The highest BCUT2D eigenvalue weighted by Gasteiger charge is 1.95. The van der Waals surface area contributed by atoms with E-state index in [1.54, 1.807) is 11.8 Å². The molecule has 19 heavy (non-hydrogen) atoms. The highest BCUT2D eigenvalue weighted by atomic mass is 127. The standard InChI is InChI=1S/C13H18ClN3S.HI/c1-10(2)9-17-13(15)16-7-8-18-12-5-3-11(14)4-6-12;/h3-6H,1,7-9H2,2H3,(H3,15,16,17);1H. The van der Waals surface area contributed by atoms with Crippen LogP contribution in [0.15, 0.2) is 46.3 Å². The van der Waals surface area contributed by atoms with E-state index in [0.29, 0.717) is 12.5 Å². The fourth-order valence-corrected chi connectivity index (χ4v) is 2.05. The first-order chi connectivity index (χ1) is 8.58. The fourth-order valence-electron chi connectivity index (χ4n) is 1.15. The molecule has 1 aromatic carbocycles. The maximum Gasteiger partial charge on any atom is 0.188 e. The van der Waals surface area contributed by atoms with Crippen molar-refractivity contribution in [2.45, 2.75) is 11.8 Å². The zero-order valence-corrected chi connectivity index (χ0v) is 14.8. The monoisotopic (exact) mass is 411 g/mol. The second-order valence-corrected chi connectivity index (χ2v) is 5.49. The molecule has 3 N–H and O–H groups in total. The first-order valence-electron chi connectivity index (χ1n) is 5.64. The summed E-state index contributed by atoms with van der Waals surface area (Å²) in [5, 5.41) is 3.82. The van der Waals surface area contributed by atoms with Gasteiger partial charge in [-0.2, -0.15) is 0 Å². The molecule has 0 aliphatic rings. The smallest absolute Gasteiger partial charge is 0.188 e.